The number of nitrogens with zero attached hydrogens (tertiary/aromatic N) is 5. The molecule has 2 aromatic carbocycles. The van der Waals surface area contributed by atoms with E-state index in [0.29, 0.717) is 18.1 Å². The molecule has 0 amide bonds. The lowest BCUT2D eigenvalue weighted by atomic mass is 10.1. The lowest BCUT2D eigenvalue weighted by Crippen LogP contribution is -2.12. The largest absolute Gasteiger partial charge is 0.336 e. The van der Waals surface area contributed by atoms with Crippen LogP contribution in [0.1, 0.15) is 16.7 Å². The summed E-state index contributed by atoms with van der Waals surface area (Å²) in [6.07, 6.45) is 5.53. The standard InChI is InChI=1S/C32H26N8/c1-20-6-5-9-23(14-20)28-29-26(12-13-35-28)37-32(38-29)31-30-27(39-40-31)11-10-25(36-30)24-15-22(18-34-19-24)17-33-16-21-7-3-2-4-8-21/h2-15,18-19,33H,16-17H2,1H3,(H,37,38)(H,39,40). The van der Waals surface area contributed by atoms with E-state index in [0.717, 1.165) is 56.7 Å². The first kappa shape index (κ1) is 23.9. The first-order valence-corrected chi connectivity index (χ1v) is 13.2. The molecule has 0 saturated heterocycles. The third-order valence-electron chi connectivity index (χ3n) is 6.92. The number of hydrogen-bond donors (Lipinski definition) is 3. The molecular formula is C32H26N8. The number of nitrogens with one attached hydrogen (secondary N) is 3. The van der Waals surface area contributed by atoms with E-state index in [1.807, 2.05) is 42.7 Å². The summed E-state index contributed by atoms with van der Waals surface area (Å²) in [4.78, 5) is 22.5. The Kier molecular flexibility index (Phi) is 6.07. The van der Waals surface area contributed by atoms with Crippen molar-refractivity contribution in [2.75, 3.05) is 0 Å². The molecule has 5 aromatic heterocycles. The highest BCUT2D eigenvalue weighted by atomic mass is 15.2. The topological polar surface area (TPSA) is 108 Å². The molecule has 7 rings (SSSR count). The molecule has 8 heteroatoms. The van der Waals surface area contributed by atoms with Crippen LogP contribution in [0.3, 0.4) is 0 Å². The van der Waals surface area contributed by atoms with Gasteiger partial charge in [-0.2, -0.15) is 5.10 Å². The molecule has 0 unspecified atom stereocenters. The van der Waals surface area contributed by atoms with Gasteiger partial charge in [-0.15, -0.1) is 0 Å². The Bertz CT molecular complexity index is 1960. The van der Waals surface area contributed by atoms with Crippen LogP contribution < -0.4 is 5.32 Å². The number of aromatic amines is 2. The summed E-state index contributed by atoms with van der Waals surface area (Å²) < 4.78 is 0. The Morgan fingerprint density at radius 1 is 0.725 bits per heavy atom. The smallest absolute Gasteiger partial charge is 0.161 e. The molecule has 0 aliphatic heterocycles. The molecule has 0 bridgehead atoms. The molecule has 0 aliphatic carbocycles. The number of H-pyrrole nitrogens is 2. The maximum Gasteiger partial charge on any atom is 0.161 e. The van der Waals surface area contributed by atoms with E-state index in [9.17, 15) is 0 Å². The van der Waals surface area contributed by atoms with E-state index < -0.39 is 0 Å². The number of hydrogen-bond acceptors (Lipinski definition) is 6. The Morgan fingerprint density at radius 2 is 1.60 bits per heavy atom. The highest BCUT2D eigenvalue weighted by Gasteiger charge is 2.17. The fourth-order valence-corrected chi connectivity index (χ4v) is 4.95. The molecule has 5 heterocycles. The maximum absolute atomic E-state index is 4.98. The Balaban J connectivity index is 1.20. The highest BCUT2D eigenvalue weighted by Crippen LogP contribution is 2.31. The molecule has 0 atom stereocenters. The van der Waals surface area contributed by atoms with E-state index in [2.05, 4.69) is 85.9 Å². The Morgan fingerprint density at radius 3 is 2.50 bits per heavy atom. The van der Waals surface area contributed by atoms with Crippen LogP contribution in [-0.4, -0.2) is 35.1 Å². The van der Waals surface area contributed by atoms with Crippen LogP contribution in [0, 0.1) is 6.92 Å². The van der Waals surface area contributed by atoms with E-state index in [-0.39, 0.29) is 0 Å². The average molecular weight is 523 g/mol. The van der Waals surface area contributed by atoms with Crippen LogP contribution in [0.4, 0.5) is 0 Å². The van der Waals surface area contributed by atoms with E-state index in [1.54, 1.807) is 6.20 Å². The molecule has 0 fully saturated rings. The third kappa shape index (κ3) is 4.61. The van der Waals surface area contributed by atoms with Crippen molar-refractivity contribution in [1.29, 1.82) is 0 Å². The summed E-state index contributed by atoms with van der Waals surface area (Å²) in [5.41, 5.74) is 11.1. The molecule has 0 saturated carbocycles. The summed E-state index contributed by atoms with van der Waals surface area (Å²) >= 11 is 0. The number of pyridine rings is 3. The predicted molar refractivity (Wildman–Crippen MR) is 157 cm³/mol. The molecule has 0 radical (unpaired) electrons. The second kappa shape index (κ2) is 10.2. The van der Waals surface area contributed by atoms with Crippen molar-refractivity contribution in [1.82, 2.24) is 40.4 Å². The Labute approximate surface area is 230 Å². The Hall–Kier alpha value is -5.21. The van der Waals surface area contributed by atoms with Gasteiger partial charge in [0.05, 0.1) is 22.4 Å². The molecule has 7 aromatic rings. The average Bonchev–Trinajstić information content (AvgIpc) is 3.62. The van der Waals surface area contributed by atoms with Crippen molar-refractivity contribution in [2.45, 2.75) is 20.0 Å². The number of rotatable bonds is 7. The van der Waals surface area contributed by atoms with Crippen LogP contribution in [0.15, 0.2) is 97.5 Å². The summed E-state index contributed by atoms with van der Waals surface area (Å²) in [5.74, 6) is 0.643. The number of aryl methyl sites for hydroxylation is 1. The number of aromatic nitrogens is 7. The van der Waals surface area contributed by atoms with Gasteiger partial charge in [-0.1, -0.05) is 54.1 Å². The summed E-state index contributed by atoms with van der Waals surface area (Å²) in [6.45, 7) is 3.59. The number of benzene rings is 2. The normalized spacial score (nSPS) is 11.4. The number of fused-ring (bicyclic) bond motifs is 2. The SMILES string of the molecule is Cc1cccc(-c2nccc3[nH]c(-c4n[nH]c5ccc(-c6cncc(CNCc7ccccc7)c6)nc45)nc23)c1. The van der Waals surface area contributed by atoms with Gasteiger partial charge in [0.2, 0.25) is 0 Å². The maximum atomic E-state index is 4.98. The van der Waals surface area contributed by atoms with Crippen LogP contribution in [0.25, 0.3) is 56.1 Å². The van der Waals surface area contributed by atoms with Gasteiger partial charge < -0.3 is 10.3 Å². The van der Waals surface area contributed by atoms with E-state index in [1.165, 1.54) is 11.1 Å². The van der Waals surface area contributed by atoms with Crippen LogP contribution in [0.2, 0.25) is 0 Å². The van der Waals surface area contributed by atoms with Gasteiger partial charge in [0.15, 0.2) is 11.5 Å². The van der Waals surface area contributed by atoms with Gasteiger partial charge in [0, 0.05) is 42.8 Å². The first-order valence-electron chi connectivity index (χ1n) is 13.2. The van der Waals surface area contributed by atoms with E-state index in [4.69, 9.17) is 9.97 Å². The monoisotopic (exact) mass is 522 g/mol. The zero-order chi connectivity index (χ0) is 26.9. The minimum absolute atomic E-state index is 0.643. The van der Waals surface area contributed by atoms with Gasteiger partial charge in [-0.05, 0) is 48.4 Å². The van der Waals surface area contributed by atoms with Crippen molar-refractivity contribution in [3.05, 3.63) is 114 Å². The molecule has 194 valence electrons. The fraction of sp³-hybridized carbons (Fsp3) is 0.0938. The lowest BCUT2D eigenvalue weighted by molar-refractivity contribution is 0.691. The van der Waals surface area contributed by atoms with Gasteiger partial charge in [-0.3, -0.25) is 15.1 Å². The summed E-state index contributed by atoms with van der Waals surface area (Å²) in [5, 5.41) is 11.2. The lowest BCUT2D eigenvalue weighted by Gasteiger charge is -2.07. The van der Waals surface area contributed by atoms with Gasteiger partial charge in [-0.25, -0.2) is 9.97 Å². The minimum atomic E-state index is 0.643. The van der Waals surface area contributed by atoms with Crippen LogP contribution >= 0.6 is 0 Å². The van der Waals surface area contributed by atoms with Crippen molar-refractivity contribution in [3.8, 4) is 34.0 Å². The summed E-state index contributed by atoms with van der Waals surface area (Å²) in [6, 6.07) is 26.7. The van der Waals surface area contributed by atoms with Gasteiger partial charge in [0.1, 0.15) is 11.0 Å². The van der Waals surface area contributed by atoms with Crippen LogP contribution in [0.5, 0.6) is 0 Å². The summed E-state index contributed by atoms with van der Waals surface area (Å²) in [7, 11) is 0. The quantitative estimate of drug-likeness (QED) is 0.229. The highest BCUT2D eigenvalue weighted by molar-refractivity contribution is 5.95. The molecule has 0 spiro atoms. The fourth-order valence-electron chi connectivity index (χ4n) is 4.95. The molecular weight excluding hydrogens is 496 g/mol. The van der Waals surface area contributed by atoms with Crippen molar-refractivity contribution < 1.29 is 0 Å². The second-order valence-corrected chi connectivity index (χ2v) is 9.85. The number of imidazole rings is 1. The predicted octanol–water partition coefficient (Wildman–Crippen LogP) is 6.22. The minimum Gasteiger partial charge on any atom is -0.336 e. The molecule has 40 heavy (non-hydrogen) atoms. The van der Waals surface area contributed by atoms with Gasteiger partial charge >= 0.3 is 0 Å². The first-order chi connectivity index (χ1) is 19.7. The second-order valence-electron chi connectivity index (χ2n) is 9.85. The van der Waals surface area contributed by atoms with Crippen molar-refractivity contribution in [3.63, 3.8) is 0 Å². The molecule has 3 N–H and O–H groups in total. The van der Waals surface area contributed by atoms with Crippen molar-refractivity contribution >= 4 is 22.1 Å². The van der Waals surface area contributed by atoms with Crippen LogP contribution in [-0.2, 0) is 13.1 Å². The molecule has 8 nitrogen and oxygen atoms in total. The zero-order valence-corrected chi connectivity index (χ0v) is 21.9. The van der Waals surface area contributed by atoms with Gasteiger partial charge in [0.25, 0.3) is 0 Å². The molecule has 0 aliphatic rings. The third-order valence-corrected chi connectivity index (χ3v) is 6.92. The van der Waals surface area contributed by atoms with E-state index >= 15 is 0 Å². The van der Waals surface area contributed by atoms with Crippen molar-refractivity contribution in [2.24, 2.45) is 0 Å². The zero-order valence-electron chi connectivity index (χ0n) is 21.9.